The van der Waals surface area contributed by atoms with Crippen molar-refractivity contribution in [3.05, 3.63) is 0 Å². The lowest BCUT2D eigenvalue weighted by Crippen LogP contribution is -2.39. The quantitative estimate of drug-likeness (QED) is 0.455. The largest absolute Gasteiger partial charge is 0.327 e. The number of amides is 1. The van der Waals surface area contributed by atoms with Gasteiger partial charge < -0.3 is 0 Å². The second kappa shape index (κ2) is 9.00. The van der Waals surface area contributed by atoms with E-state index in [1.54, 1.807) is 0 Å². The maximum Gasteiger partial charge on any atom is 0.327 e. The Labute approximate surface area is 87.8 Å². The molecular weight excluding hydrogens is 176 g/mol. The smallest absolute Gasteiger partial charge is 0.270 e. The number of hydrazine groups is 1. The summed E-state index contributed by atoms with van der Waals surface area (Å²) in [6.07, 6.45) is 6.79. The van der Waals surface area contributed by atoms with Crippen molar-refractivity contribution in [1.29, 1.82) is 0 Å². The topological polar surface area (TPSA) is 32.3 Å². The number of nitrogens with zero attached hydrogens (tertiary/aromatic N) is 1. The molecule has 14 heavy (non-hydrogen) atoms. The van der Waals surface area contributed by atoms with Crippen molar-refractivity contribution in [1.82, 2.24) is 10.4 Å². The van der Waals surface area contributed by atoms with Crippen molar-refractivity contribution in [2.75, 3.05) is 13.1 Å². The van der Waals surface area contributed by atoms with Crippen LogP contribution in [0.3, 0.4) is 0 Å². The molecule has 0 saturated carbocycles. The SMILES string of the molecule is CCCCC(CC)CNN([C]=O)CC. The van der Waals surface area contributed by atoms with E-state index in [1.165, 1.54) is 30.7 Å². The van der Waals surface area contributed by atoms with Crippen LogP contribution in [0.1, 0.15) is 46.5 Å². The van der Waals surface area contributed by atoms with Crippen LogP contribution < -0.4 is 5.43 Å². The van der Waals surface area contributed by atoms with E-state index < -0.39 is 0 Å². The Hall–Kier alpha value is -0.570. The molecule has 0 aromatic carbocycles. The number of rotatable bonds is 9. The van der Waals surface area contributed by atoms with Crippen LogP contribution in [0.25, 0.3) is 0 Å². The van der Waals surface area contributed by atoms with Crippen LogP contribution in [0.15, 0.2) is 0 Å². The van der Waals surface area contributed by atoms with E-state index in [4.69, 9.17) is 0 Å². The highest BCUT2D eigenvalue weighted by molar-refractivity contribution is 5.46. The third kappa shape index (κ3) is 5.97. The van der Waals surface area contributed by atoms with E-state index in [-0.39, 0.29) is 0 Å². The Bertz CT molecular complexity index is 139. The van der Waals surface area contributed by atoms with Crippen molar-refractivity contribution < 1.29 is 4.79 Å². The van der Waals surface area contributed by atoms with Gasteiger partial charge in [0.1, 0.15) is 0 Å². The highest BCUT2D eigenvalue weighted by atomic mass is 16.1. The summed E-state index contributed by atoms with van der Waals surface area (Å²) in [5.41, 5.74) is 3.09. The van der Waals surface area contributed by atoms with E-state index in [1.807, 2.05) is 13.3 Å². The highest BCUT2D eigenvalue weighted by Crippen LogP contribution is 2.11. The minimum absolute atomic E-state index is 0.674. The first-order chi connectivity index (χ1) is 6.78. The van der Waals surface area contributed by atoms with E-state index in [9.17, 15) is 4.79 Å². The van der Waals surface area contributed by atoms with Crippen LogP contribution in [-0.4, -0.2) is 24.5 Å². The minimum atomic E-state index is 0.674. The third-order valence-electron chi connectivity index (χ3n) is 2.54. The van der Waals surface area contributed by atoms with Gasteiger partial charge in [-0.2, -0.15) is 0 Å². The van der Waals surface area contributed by atoms with Crippen molar-refractivity contribution in [2.45, 2.75) is 46.5 Å². The molecule has 83 valence electrons. The average molecular weight is 199 g/mol. The van der Waals surface area contributed by atoms with Gasteiger partial charge in [0.05, 0.1) is 0 Å². The molecule has 0 bridgehead atoms. The van der Waals surface area contributed by atoms with E-state index in [0.29, 0.717) is 12.5 Å². The molecule has 0 saturated heterocycles. The summed E-state index contributed by atoms with van der Waals surface area (Å²) in [5.74, 6) is 0.678. The van der Waals surface area contributed by atoms with Crippen LogP contribution in [0.4, 0.5) is 0 Å². The lowest BCUT2D eigenvalue weighted by molar-refractivity contribution is 0.264. The second-order valence-electron chi connectivity index (χ2n) is 3.61. The van der Waals surface area contributed by atoms with Crippen molar-refractivity contribution in [2.24, 2.45) is 5.92 Å². The number of nitrogens with one attached hydrogen (secondary N) is 1. The van der Waals surface area contributed by atoms with Gasteiger partial charge >= 0.3 is 6.41 Å². The molecular formula is C11H23N2O. The fourth-order valence-electron chi connectivity index (χ4n) is 1.39. The van der Waals surface area contributed by atoms with Gasteiger partial charge in [0, 0.05) is 13.1 Å². The molecule has 0 aromatic rings. The molecule has 0 aliphatic heterocycles. The molecule has 0 aliphatic carbocycles. The molecule has 3 heteroatoms. The standard InChI is InChI=1S/C11H23N2O/c1-4-7-8-11(5-2)9-12-13(6-3)10-14/h11-12H,4-9H2,1-3H3. The molecule has 1 amide bonds. The zero-order valence-electron chi connectivity index (χ0n) is 9.68. The molecule has 1 atom stereocenters. The number of hydrogen-bond donors (Lipinski definition) is 1. The van der Waals surface area contributed by atoms with Crippen LogP contribution in [0.2, 0.25) is 0 Å². The summed E-state index contributed by atoms with van der Waals surface area (Å²) in [5, 5.41) is 1.48. The maximum atomic E-state index is 10.4. The molecule has 3 nitrogen and oxygen atoms in total. The number of carbonyl (C=O) groups excluding carboxylic acids is 1. The predicted octanol–water partition coefficient (Wildman–Crippen LogP) is 2.10. The number of hydrogen-bond acceptors (Lipinski definition) is 2. The molecule has 0 heterocycles. The Kier molecular flexibility index (Phi) is 8.64. The van der Waals surface area contributed by atoms with Crippen LogP contribution >= 0.6 is 0 Å². The summed E-state index contributed by atoms with van der Waals surface area (Å²) in [7, 11) is 0. The first-order valence-electron chi connectivity index (χ1n) is 5.67. The first kappa shape index (κ1) is 13.4. The van der Waals surface area contributed by atoms with Gasteiger partial charge in [0.25, 0.3) is 0 Å². The molecule has 0 aromatic heterocycles. The minimum Gasteiger partial charge on any atom is -0.270 e. The highest BCUT2D eigenvalue weighted by Gasteiger charge is 2.07. The number of unbranched alkanes of at least 4 members (excludes halogenated alkanes) is 1. The van der Waals surface area contributed by atoms with Crippen molar-refractivity contribution in [3.8, 4) is 0 Å². The normalized spacial score (nSPS) is 12.5. The Morgan fingerprint density at radius 1 is 1.36 bits per heavy atom. The average Bonchev–Trinajstić information content (AvgIpc) is 2.23. The molecule has 0 spiro atoms. The van der Waals surface area contributed by atoms with Gasteiger partial charge in [-0.15, -0.1) is 0 Å². The van der Waals surface area contributed by atoms with Gasteiger partial charge in [-0.25, -0.2) is 5.43 Å². The molecule has 1 unspecified atom stereocenters. The van der Waals surface area contributed by atoms with E-state index in [0.717, 1.165) is 6.54 Å². The molecule has 1 N–H and O–H groups in total. The fraction of sp³-hybridized carbons (Fsp3) is 0.909. The van der Waals surface area contributed by atoms with Gasteiger partial charge in [-0.3, -0.25) is 9.80 Å². The van der Waals surface area contributed by atoms with Crippen LogP contribution in [0.5, 0.6) is 0 Å². The zero-order valence-corrected chi connectivity index (χ0v) is 9.68. The van der Waals surface area contributed by atoms with Crippen molar-refractivity contribution in [3.63, 3.8) is 0 Å². The monoisotopic (exact) mass is 199 g/mol. The molecule has 1 radical (unpaired) electrons. The van der Waals surface area contributed by atoms with Crippen LogP contribution in [-0.2, 0) is 4.79 Å². The predicted molar refractivity (Wildman–Crippen MR) is 59.4 cm³/mol. The Balaban J connectivity index is 3.64. The third-order valence-corrected chi connectivity index (χ3v) is 2.54. The van der Waals surface area contributed by atoms with Gasteiger partial charge in [-0.1, -0.05) is 33.1 Å². The summed E-state index contributed by atoms with van der Waals surface area (Å²) in [6, 6.07) is 0. The summed E-state index contributed by atoms with van der Waals surface area (Å²) < 4.78 is 0. The summed E-state index contributed by atoms with van der Waals surface area (Å²) in [6.45, 7) is 7.90. The Morgan fingerprint density at radius 2 is 2.07 bits per heavy atom. The van der Waals surface area contributed by atoms with Crippen LogP contribution in [0, 0.1) is 5.92 Å². The summed E-state index contributed by atoms with van der Waals surface area (Å²) in [4.78, 5) is 10.4. The fourth-order valence-corrected chi connectivity index (χ4v) is 1.39. The summed E-state index contributed by atoms with van der Waals surface area (Å²) >= 11 is 0. The van der Waals surface area contributed by atoms with Crippen molar-refractivity contribution >= 4 is 6.41 Å². The van der Waals surface area contributed by atoms with E-state index in [2.05, 4.69) is 19.3 Å². The van der Waals surface area contributed by atoms with Gasteiger partial charge in [0.2, 0.25) is 0 Å². The first-order valence-corrected chi connectivity index (χ1v) is 5.67. The lowest BCUT2D eigenvalue weighted by Gasteiger charge is -2.20. The molecule has 0 fully saturated rings. The lowest BCUT2D eigenvalue weighted by atomic mass is 10.00. The van der Waals surface area contributed by atoms with E-state index >= 15 is 0 Å². The Morgan fingerprint density at radius 3 is 2.50 bits per heavy atom. The zero-order chi connectivity index (χ0) is 10.8. The van der Waals surface area contributed by atoms with Gasteiger partial charge in [-0.05, 0) is 19.3 Å². The maximum absolute atomic E-state index is 10.4. The molecule has 0 aliphatic rings. The van der Waals surface area contributed by atoms with Gasteiger partial charge in [0.15, 0.2) is 0 Å². The molecule has 0 rings (SSSR count). The second-order valence-corrected chi connectivity index (χ2v) is 3.61.